The van der Waals surface area contributed by atoms with Crippen molar-refractivity contribution in [1.82, 2.24) is 19.6 Å². The Morgan fingerprint density at radius 1 is 0.683 bits per heavy atom. The first-order chi connectivity index (χ1) is 29.3. The number of nitrogens with zero attached hydrogens (tertiary/aromatic N) is 4. The number of hydrogen-bond donors (Lipinski definition) is 4. The van der Waals surface area contributed by atoms with Crippen LogP contribution < -0.4 is 11.1 Å². The molecule has 4 heterocycles. The molecule has 0 unspecified atom stereocenters. The quantitative estimate of drug-likeness (QED) is 0.198. The minimum Gasteiger partial charge on any atom is -0.480 e. The molecule has 2 spiro atoms. The SMILES string of the molecule is C[C@H](N)C(=O)O.Cc1ccc(CN2CCCC23CCN(C(=O)OC(C)(C)C)CC3)c(Br)c1.Cc1ccc(CN2CCCC23CCN(C(=O)OC(C)(C)C)CC3)c(N[C@@H](C)C(=O)O)c1. The number of benzene rings is 2. The molecular formula is C48H75BrN6O8. The lowest BCUT2D eigenvalue weighted by molar-refractivity contribution is -0.138. The van der Waals surface area contributed by atoms with Crippen molar-refractivity contribution in [3.05, 3.63) is 63.1 Å². The van der Waals surface area contributed by atoms with E-state index in [1.807, 2.05) is 64.3 Å². The average molecular weight is 944 g/mol. The van der Waals surface area contributed by atoms with Gasteiger partial charge in [0, 0.05) is 60.5 Å². The molecule has 0 bridgehead atoms. The lowest BCUT2D eigenvalue weighted by Crippen LogP contribution is -2.53. The van der Waals surface area contributed by atoms with Crippen LogP contribution in [0.25, 0.3) is 0 Å². The van der Waals surface area contributed by atoms with E-state index in [-0.39, 0.29) is 23.3 Å². The van der Waals surface area contributed by atoms with Gasteiger partial charge in [-0.1, -0.05) is 40.2 Å². The number of nitrogens with two attached hydrogens (primary N) is 1. The van der Waals surface area contributed by atoms with Crippen molar-refractivity contribution in [1.29, 1.82) is 0 Å². The van der Waals surface area contributed by atoms with Gasteiger partial charge >= 0.3 is 24.1 Å². The van der Waals surface area contributed by atoms with Crippen molar-refractivity contribution in [2.24, 2.45) is 5.73 Å². The molecule has 15 heteroatoms. The molecule has 4 aliphatic rings. The third-order valence-corrected chi connectivity index (χ3v) is 13.2. The number of hydrogen-bond acceptors (Lipinski definition) is 10. The zero-order valence-corrected chi connectivity index (χ0v) is 41.1. The molecule has 5 N–H and O–H groups in total. The van der Waals surface area contributed by atoms with E-state index in [2.05, 4.69) is 68.3 Å². The first kappa shape index (κ1) is 51.7. The van der Waals surface area contributed by atoms with E-state index in [0.29, 0.717) is 13.1 Å². The highest BCUT2D eigenvalue weighted by molar-refractivity contribution is 9.10. The van der Waals surface area contributed by atoms with Gasteiger partial charge in [0.05, 0.1) is 0 Å². The Morgan fingerprint density at radius 3 is 1.46 bits per heavy atom. The standard InChI is InChI=1S/C24H37N3O4.C21H31BrN2O2.C3H7NO2/c1-17-7-8-19(20(15-17)25-18(2)21(28)29)16-27-12-6-9-24(27)10-13-26(14-11-24)22(30)31-23(3,4)5;1-16-6-7-17(18(22)14-16)15-24-11-5-8-21(24)9-12-23(13-10-21)19(25)26-20(2,3)4;1-2(4)3(5)6/h7-8,15,18,25H,6,9-14,16H2,1-5H3,(H,28,29);6-7,14H,5,8-13,15H2,1-4H3;2H,4H2,1H3,(H,5,6)/t18-;;2-/m0.0/s1. The van der Waals surface area contributed by atoms with Crippen LogP contribution in [0.2, 0.25) is 0 Å². The molecular weight excluding hydrogens is 868 g/mol. The van der Waals surface area contributed by atoms with Crippen molar-refractivity contribution >= 4 is 45.7 Å². The fourth-order valence-corrected chi connectivity index (χ4v) is 9.55. The van der Waals surface area contributed by atoms with Gasteiger partial charge in [0.1, 0.15) is 23.3 Å². The molecule has 2 aromatic carbocycles. The molecule has 2 atom stereocenters. The van der Waals surface area contributed by atoms with Crippen LogP contribution in [0.1, 0.15) is 129 Å². The van der Waals surface area contributed by atoms with E-state index in [4.69, 9.17) is 20.3 Å². The largest absolute Gasteiger partial charge is 0.480 e. The topological polar surface area (TPSA) is 178 Å². The van der Waals surface area contributed by atoms with Crippen LogP contribution in [-0.2, 0) is 32.2 Å². The van der Waals surface area contributed by atoms with Crippen LogP contribution in [0.5, 0.6) is 0 Å². The van der Waals surface area contributed by atoms with Crippen LogP contribution in [-0.4, -0.2) is 128 Å². The van der Waals surface area contributed by atoms with Crippen molar-refractivity contribution in [2.75, 3.05) is 44.6 Å². The Kier molecular flexibility index (Phi) is 17.9. The number of ether oxygens (including phenoxy) is 2. The average Bonchev–Trinajstić information content (AvgIpc) is 3.75. The Balaban J connectivity index is 0.000000248. The van der Waals surface area contributed by atoms with Crippen LogP contribution in [0.4, 0.5) is 15.3 Å². The number of anilines is 1. The predicted octanol–water partition coefficient (Wildman–Crippen LogP) is 8.79. The second-order valence-corrected chi connectivity index (χ2v) is 20.9. The molecule has 0 aliphatic carbocycles. The third kappa shape index (κ3) is 15.1. The number of likely N-dealkylation sites (tertiary alicyclic amines) is 4. The van der Waals surface area contributed by atoms with E-state index in [1.165, 1.54) is 35.4 Å². The highest BCUT2D eigenvalue weighted by Crippen LogP contribution is 2.42. The summed E-state index contributed by atoms with van der Waals surface area (Å²) in [6.07, 6.45) is 8.32. The summed E-state index contributed by atoms with van der Waals surface area (Å²) in [7, 11) is 0. The number of amides is 2. The minimum absolute atomic E-state index is 0.0963. The Labute approximate surface area is 384 Å². The van der Waals surface area contributed by atoms with Gasteiger partial charge in [-0.25, -0.2) is 9.59 Å². The molecule has 2 aromatic rings. The van der Waals surface area contributed by atoms with Gasteiger partial charge in [0.2, 0.25) is 0 Å². The van der Waals surface area contributed by atoms with Crippen LogP contribution in [0, 0.1) is 13.8 Å². The number of rotatable bonds is 8. The first-order valence-corrected chi connectivity index (χ1v) is 23.4. The summed E-state index contributed by atoms with van der Waals surface area (Å²) in [5.41, 5.74) is 10.0. The maximum atomic E-state index is 12.5. The second kappa shape index (κ2) is 21.8. The molecule has 4 saturated heterocycles. The fourth-order valence-electron chi connectivity index (χ4n) is 8.93. The van der Waals surface area contributed by atoms with Crippen molar-refractivity contribution in [3.63, 3.8) is 0 Å². The molecule has 14 nitrogen and oxygen atoms in total. The smallest absolute Gasteiger partial charge is 0.410 e. The number of aliphatic carboxylic acids is 2. The molecule has 352 valence electrons. The number of carboxylic acid groups (broad SMARTS) is 2. The van der Waals surface area contributed by atoms with Crippen molar-refractivity contribution < 1.29 is 38.9 Å². The van der Waals surface area contributed by atoms with Crippen LogP contribution in [0.15, 0.2) is 40.9 Å². The summed E-state index contributed by atoms with van der Waals surface area (Å²) in [5.74, 6) is -1.82. The second-order valence-electron chi connectivity index (χ2n) is 20.0. The Hall–Kier alpha value is -3.92. The number of nitrogens with one attached hydrogen (secondary N) is 1. The van der Waals surface area contributed by atoms with E-state index in [9.17, 15) is 24.3 Å². The fraction of sp³-hybridized carbons (Fsp3) is 0.667. The maximum Gasteiger partial charge on any atom is 0.410 e. The summed E-state index contributed by atoms with van der Waals surface area (Å²) < 4.78 is 12.3. The zero-order valence-electron chi connectivity index (χ0n) is 39.5. The number of piperidine rings is 2. The lowest BCUT2D eigenvalue weighted by atomic mass is 9.84. The number of carbonyl (C=O) groups excluding carboxylic acids is 2. The molecule has 4 aliphatic heterocycles. The molecule has 2 amide bonds. The minimum atomic E-state index is -0.963. The normalized spacial score (nSPS) is 19.6. The first-order valence-electron chi connectivity index (χ1n) is 22.6. The highest BCUT2D eigenvalue weighted by Gasteiger charge is 2.45. The van der Waals surface area contributed by atoms with Gasteiger partial charge in [0.15, 0.2) is 0 Å². The molecule has 4 fully saturated rings. The molecule has 0 saturated carbocycles. The molecule has 63 heavy (non-hydrogen) atoms. The number of carbonyl (C=O) groups is 4. The Bertz CT molecular complexity index is 1880. The summed E-state index contributed by atoms with van der Waals surface area (Å²) >= 11 is 3.73. The lowest BCUT2D eigenvalue weighted by Gasteiger charge is -2.45. The van der Waals surface area contributed by atoms with Crippen LogP contribution >= 0.6 is 15.9 Å². The van der Waals surface area contributed by atoms with Gasteiger partial charge in [-0.05, 0) is 168 Å². The third-order valence-electron chi connectivity index (χ3n) is 12.5. The molecule has 6 rings (SSSR count). The van der Waals surface area contributed by atoms with E-state index < -0.39 is 35.2 Å². The van der Waals surface area contributed by atoms with Gasteiger partial charge in [-0.3, -0.25) is 19.4 Å². The van der Waals surface area contributed by atoms with E-state index in [0.717, 1.165) is 94.6 Å². The number of carboxylic acids is 2. The number of halogens is 1. The van der Waals surface area contributed by atoms with E-state index >= 15 is 0 Å². The number of aryl methyl sites for hydroxylation is 2. The van der Waals surface area contributed by atoms with E-state index in [1.54, 1.807) is 6.92 Å². The van der Waals surface area contributed by atoms with Crippen molar-refractivity contribution in [2.45, 2.75) is 168 Å². The van der Waals surface area contributed by atoms with Gasteiger partial charge in [-0.15, -0.1) is 0 Å². The summed E-state index contributed by atoms with van der Waals surface area (Å²) in [6.45, 7) is 25.6. The monoisotopic (exact) mass is 942 g/mol. The predicted molar refractivity (Wildman–Crippen MR) is 251 cm³/mol. The van der Waals surface area contributed by atoms with Crippen molar-refractivity contribution in [3.8, 4) is 0 Å². The highest BCUT2D eigenvalue weighted by atomic mass is 79.9. The van der Waals surface area contributed by atoms with Gasteiger partial charge in [0.25, 0.3) is 0 Å². The summed E-state index contributed by atoms with van der Waals surface area (Å²) in [5, 5.41) is 20.3. The zero-order chi connectivity index (χ0) is 46.9. The molecule has 0 aromatic heterocycles. The Morgan fingerprint density at radius 2 is 1.08 bits per heavy atom. The van der Waals surface area contributed by atoms with Gasteiger partial charge < -0.3 is 40.5 Å². The summed E-state index contributed by atoms with van der Waals surface area (Å²) in [6, 6.07) is 11.5. The molecule has 0 radical (unpaired) electrons. The maximum absolute atomic E-state index is 12.5. The van der Waals surface area contributed by atoms with Crippen LogP contribution in [0.3, 0.4) is 0 Å². The van der Waals surface area contributed by atoms with Gasteiger partial charge in [-0.2, -0.15) is 0 Å². The summed E-state index contributed by atoms with van der Waals surface area (Å²) in [4.78, 5) is 54.6.